The Bertz CT molecular complexity index is 546. The van der Waals surface area contributed by atoms with Crippen LogP contribution in [0.25, 0.3) is 0 Å². The van der Waals surface area contributed by atoms with Crippen LogP contribution >= 0.6 is 0 Å². The molecule has 1 aromatic rings. The first-order valence-corrected chi connectivity index (χ1v) is 6.21. The molecular formula is C14H17N3O3. The lowest BCUT2D eigenvalue weighted by atomic mass is 10.1. The molecule has 1 rings (SSSR count). The van der Waals surface area contributed by atoms with E-state index < -0.39 is 17.9 Å². The van der Waals surface area contributed by atoms with Crippen LogP contribution in [-0.4, -0.2) is 36.1 Å². The van der Waals surface area contributed by atoms with Crippen molar-refractivity contribution in [2.45, 2.75) is 19.9 Å². The van der Waals surface area contributed by atoms with Crippen LogP contribution in [0.2, 0.25) is 0 Å². The van der Waals surface area contributed by atoms with E-state index in [1.807, 2.05) is 0 Å². The lowest BCUT2D eigenvalue weighted by molar-refractivity contribution is -0.144. The predicted molar refractivity (Wildman–Crippen MR) is 73.7 cm³/mol. The molecule has 0 aromatic carbocycles. The Morgan fingerprint density at radius 1 is 1.55 bits per heavy atom. The van der Waals surface area contributed by atoms with Gasteiger partial charge in [0.1, 0.15) is 11.7 Å². The molecule has 0 spiro atoms. The topological polar surface area (TPSA) is 94.3 Å². The second-order valence-electron chi connectivity index (χ2n) is 3.85. The van der Waals surface area contributed by atoms with Gasteiger partial charge < -0.3 is 15.8 Å². The van der Waals surface area contributed by atoms with E-state index in [2.05, 4.69) is 22.1 Å². The molecule has 0 aliphatic rings. The molecule has 3 N–H and O–H groups in total. The molecule has 0 saturated heterocycles. The van der Waals surface area contributed by atoms with Crippen molar-refractivity contribution < 1.29 is 14.3 Å². The second kappa shape index (κ2) is 7.92. The minimum absolute atomic E-state index is 0.157. The average molecular weight is 275 g/mol. The molecule has 0 saturated carbocycles. The van der Waals surface area contributed by atoms with Crippen LogP contribution in [0.4, 0.5) is 0 Å². The lowest BCUT2D eigenvalue weighted by Crippen LogP contribution is -2.40. The second-order valence-corrected chi connectivity index (χ2v) is 3.85. The van der Waals surface area contributed by atoms with Gasteiger partial charge in [0.15, 0.2) is 0 Å². The van der Waals surface area contributed by atoms with E-state index in [9.17, 15) is 9.59 Å². The zero-order chi connectivity index (χ0) is 15.0. The molecule has 1 unspecified atom stereocenters. The van der Waals surface area contributed by atoms with Crippen LogP contribution in [0.3, 0.4) is 0 Å². The van der Waals surface area contributed by atoms with Crippen molar-refractivity contribution in [1.29, 1.82) is 0 Å². The summed E-state index contributed by atoms with van der Waals surface area (Å²) in [6, 6.07) is 2.59. The van der Waals surface area contributed by atoms with Gasteiger partial charge >= 0.3 is 5.97 Å². The first-order valence-electron chi connectivity index (χ1n) is 6.21. The van der Waals surface area contributed by atoms with Crippen molar-refractivity contribution in [3.8, 4) is 11.8 Å². The molecule has 0 bridgehead atoms. The number of hydrogen-bond donors (Lipinski definition) is 2. The molecule has 1 amide bonds. The number of nitrogens with zero attached hydrogens (tertiary/aromatic N) is 1. The quantitative estimate of drug-likeness (QED) is 0.599. The highest BCUT2D eigenvalue weighted by Gasteiger charge is 2.19. The van der Waals surface area contributed by atoms with Gasteiger partial charge in [-0.15, -0.1) is 0 Å². The van der Waals surface area contributed by atoms with Crippen LogP contribution in [0.15, 0.2) is 18.3 Å². The number of rotatable bonds is 4. The number of hydrogen-bond acceptors (Lipinski definition) is 5. The summed E-state index contributed by atoms with van der Waals surface area (Å²) in [6.45, 7) is 3.70. The Hall–Kier alpha value is -2.39. The van der Waals surface area contributed by atoms with Crippen molar-refractivity contribution in [2.75, 3.05) is 13.2 Å². The van der Waals surface area contributed by atoms with E-state index in [1.165, 1.54) is 6.20 Å². The van der Waals surface area contributed by atoms with Crippen molar-refractivity contribution in [3.05, 3.63) is 29.6 Å². The van der Waals surface area contributed by atoms with Gasteiger partial charge in [-0.05, 0) is 26.0 Å². The SMILES string of the molecule is CCOC(=O)C(C)NC(=O)c1ncccc1C#CCN. The Morgan fingerprint density at radius 3 is 2.95 bits per heavy atom. The number of nitrogens with one attached hydrogen (secondary N) is 1. The highest BCUT2D eigenvalue weighted by Crippen LogP contribution is 2.04. The number of pyridine rings is 1. The maximum Gasteiger partial charge on any atom is 0.328 e. The summed E-state index contributed by atoms with van der Waals surface area (Å²) < 4.78 is 4.82. The fourth-order valence-corrected chi connectivity index (χ4v) is 1.42. The Kier molecular flexibility index (Phi) is 6.20. The van der Waals surface area contributed by atoms with Crippen LogP contribution < -0.4 is 11.1 Å². The fourth-order valence-electron chi connectivity index (χ4n) is 1.42. The molecule has 6 heteroatoms. The minimum Gasteiger partial charge on any atom is -0.464 e. The van der Waals surface area contributed by atoms with Gasteiger partial charge in [0.25, 0.3) is 5.91 Å². The Labute approximate surface area is 117 Å². The van der Waals surface area contributed by atoms with Gasteiger partial charge in [0.2, 0.25) is 0 Å². The van der Waals surface area contributed by atoms with E-state index in [-0.39, 0.29) is 18.8 Å². The zero-order valence-corrected chi connectivity index (χ0v) is 11.5. The minimum atomic E-state index is -0.750. The van der Waals surface area contributed by atoms with E-state index in [0.717, 1.165) is 0 Å². The van der Waals surface area contributed by atoms with Gasteiger partial charge in [0, 0.05) is 6.20 Å². The number of ether oxygens (including phenoxy) is 1. The van der Waals surface area contributed by atoms with Crippen molar-refractivity contribution >= 4 is 11.9 Å². The molecule has 0 aliphatic heterocycles. The van der Waals surface area contributed by atoms with Gasteiger partial charge in [-0.25, -0.2) is 9.78 Å². The third-order valence-corrected chi connectivity index (χ3v) is 2.34. The van der Waals surface area contributed by atoms with Crippen molar-refractivity contribution in [3.63, 3.8) is 0 Å². The van der Waals surface area contributed by atoms with Crippen LogP contribution in [0.5, 0.6) is 0 Å². The zero-order valence-electron chi connectivity index (χ0n) is 11.5. The summed E-state index contributed by atoms with van der Waals surface area (Å²) in [5.74, 6) is 4.46. The molecule has 106 valence electrons. The van der Waals surface area contributed by atoms with Crippen LogP contribution in [-0.2, 0) is 9.53 Å². The van der Waals surface area contributed by atoms with Gasteiger partial charge in [-0.3, -0.25) is 4.79 Å². The number of carbonyl (C=O) groups is 2. The summed E-state index contributed by atoms with van der Waals surface area (Å²) >= 11 is 0. The molecule has 0 aliphatic carbocycles. The van der Waals surface area contributed by atoms with Gasteiger partial charge in [-0.2, -0.15) is 0 Å². The maximum absolute atomic E-state index is 12.1. The lowest BCUT2D eigenvalue weighted by Gasteiger charge is -2.12. The van der Waals surface area contributed by atoms with Crippen LogP contribution in [0, 0.1) is 11.8 Å². The molecule has 1 aromatic heterocycles. The van der Waals surface area contributed by atoms with E-state index >= 15 is 0 Å². The highest BCUT2D eigenvalue weighted by atomic mass is 16.5. The maximum atomic E-state index is 12.1. The molecule has 0 radical (unpaired) electrons. The molecule has 6 nitrogen and oxygen atoms in total. The standard InChI is InChI=1S/C14H17N3O3/c1-3-20-14(19)10(2)17-13(18)12-11(6-4-8-15)7-5-9-16-12/h5,7,9-10H,3,8,15H2,1-2H3,(H,17,18). The summed E-state index contributed by atoms with van der Waals surface area (Å²) in [6.07, 6.45) is 1.48. The number of amides is 1. The monoisotopic (exact) mass is 275 g/mol. The van der Waals surface area contributed by atoms with E-state index in [1.54, 1.807) is 26.0 Å². The Balaban J connectivity index is 2.85. The summed E-state index contributed by atoms with van der Waals surface area (Å²) in [5.41, 5.74) is 5.92. The Morgan fingerprint density at radius 2 is 2.30 bits per heavy atom. The third kappa shape index (κ3) is 4.37. The third-order valence-electron chi connectivity index (χ3n) is 2.34. The van der Waals surface area contributed by atoms with Gasteiger partial charge in [-0.1, -0.05) is 11.8 Å². The molecule has 1 atom stereocenters. The first-order chi connectivity index (χ1) is 9.60. The number of aromatic nitrogens is 1. The van der Waals surface area contributed by atoms with Crippen LogP contribution in [0.1, 0.15) is 29.9 Å². The summed E-state index contributed by atoms with van der Waals surface area (Å²) in [4.78, 5) is 27.5. The normalized spacial score (nSPS) is 10.9. The largest absolute Gasteiger partial charge is 0.464 e. The van der Waals surface area contributed by atoms with Crippen molar-refractivity contribution in [1.82, 2.24) is 10.3 Å². The number of nitrogens with two attached hydrogens (primary N) is 1. The number of esters is 1. The van der Waals surface area contributed by atoms with E-state index in [4.69, 9.17) is 10.5 Å². The van der Waals surface area contributed by atoms with E-state index in [0.29, 0.717) is 5.56 Å². The predicted octanol–water partition coefficient (Wildman–Crippen LogP) is 0.0732. The first kappa shape index (κ1) is 15.7. The summed E-state index contributed by atoms with van der Waals surface area (Å²) in [7, 11) is 0. The van der Waals surface area contributed by atoms with Gasteiger partial charge in [0.05, 0.1) is 18.7 Å². The molecule has 0 fully saturated rings. The average Bonchev–Trinajstić information content (AvgIpc) is 2.45. The molecule has 20 heavy (non-hydrogen) atoms. The number of carbonyl (C=O) groups excluding carboxylic acids is 2. The fraction of sp³-hybridized carbons (Fsp3) is 0.357. The van der Waals surface area contributed by atoms with Crippen molar-refractivity contribution in [2.24, 2.45) is 5.73 Å². The summed E-state index contributed by atoms with van der Waals surface area (Å²) in [5, 5.41) is 2.52. The smallest absolute Gasteiger partial charge is 0.328 e. The highest BCUT2D eigenvalue weighted by molar-refractivity contribution is 5.97. The molecular weight excluding hydrogens is 258 g/mol. The molecule has 1 heterocycles.